The SMILES string of the molecule is CCC(CC)(CN)C(=O)NCc1coc(-c2ccc(C)cc2)n1.Cl. The van der Waals surface area contributed by atoms with Crippen molar-refractivity contribution in [2.24, 2.45) is 11.1 Å². The van der Waals surface area contributed by atoms with Crippen LogP contribution in [0.3, 0.4) is 0 Å². The Morgan fingerprint density at radius 1 is 1.25 bits per heavy atom. The summed E-state index contributed by atoms with van der Waals surface area (Å²) in [5, 5.41) is 2.93. The Balaban J connectivity index is 0.00000288. The lowest BCUT2D eigenvalue weighted by atomic mass is 9.81. The number of aryl methyl sites for hydroxylation is 1. The van der Waals surface area contributed by atoms with E-state index in [1.165, 1.54) is 5.56 Å². The van der Waals surface area contributed by atoms with Crippen molar-refractivity contribution in [2.75, 3.05) is 6.54 Å². The van der Waals surface area contributed by atoms with Crippen molar-refractivity contribution in [3.8, 4) is 11.5 Å². The smallest absolute Gasteiger partial charge is 0.227 e. The van der Waals surface area contributed by atoms with Crippen LogP contribution in [0.15, 0.2) is 34.9 Å². The van der Waals surface area contributed by atoms with Crippen molar-refractivity contribution >= 4 is 18.3 Å². The van der Waals surface area contributed by atoms with E-state index in [0.29, 0.717) is 24.7 Å². The van der Waals surface area contributed by atoms with Gasteiger partial charge in [0.05, 0.1) is 17.7 Å². The third-order valence-corrected chi connectivity index (χ3v) is 4.51. The summed E-state index contributed by atoms with van der Waals surface area (Å²) in [6.45, 7) is 6.70. The Morgan fingerprint density at radius 3 is 2.42 bits per heavy atom. The molecule has 0 bridgehead atoms. The molecular formula is C18H26ClN3O2. The van der Waals surface area contributed by atoms with Crippen LogP contribution in [0.2, 0.25) is 0 Å². The second kappa shape index (κ2) is 8.85. The molecule has 1 aromatic heterocycles. The maximum Gasteiger partial charge on any atom is 0.227 e. The van der Waals surface area contributed by atoms with Crippen molar-refractivity contribution in [2.45, 2.75) is 40.2 Å². The number of carbonyl (C=O) groups is 1. The summed E-state index contributed by atoms with van der Waals surface area (Å²) in [5.41, 5.74) is 8.11. The predicted molar refractivity (Wildman–Crippen MR) is 97.8 cm³/mol. The molecule has 0 saturated carbocycles. The minimum atomic E-state index is -0.497. The van der Waals surface area contributed by atoms with Crippen LogP contribution in [-0.4, -0.2) is 17.4 Å². The lowest BCUT2D eigenvalue weighted by Gasteiger charge is -2.28. The van der Waals surface area contributed by atoms with Crippen LogP contribution < -0.4 is 11.1 Å². The standard InChI is InChI=1S/C18H25N3O2.ClH/c1-4-18(5-2,12-19)17(22)20-10-15-11-23-16(21-15)14-8-6-13(3)7-9-14;/h6-9,11H,4-5,10,12,19H2,1-3H3,(H,20,22);1H. The predicted octanol–water partition coefficient (Wildman–Crippen LogP) is 3.45. The van der Waals surface area contributed by atoms with Crippen LogP contribution in [-0.2, 0) is 11.3 Å². The summed E-state index contributed by atoms with van der Waals surface area (Å²) in [7, 11) is 0. The quantitative estimate of drug-likeness (QED) is 0.800. The van der Waals surface area contributed by atoms with E-state index in [1.54, 1.807) is 6.26 Å². The van der Waals surface area contributed by atoms with Gasteiger partial charge >= 0.3 is 0 Å². The highest BCUT2D eigenvalue weighted by molar-refractivity contribution is 5.85. The van der Waals surface area contributed by atoms with E-state index < -0.39 is 5.41 Å². The topological polar surface area (TPSA) is 81.2 Å². The van der Waals surface area contributed by atoms with Gasteiger partial charge in [-0.15, -0.1) is 12.4 Å². The fraction of sp³-hybridized carbons (Fsp3) is 0.444. The number of hydrogen-bond acceptors (Lipinski definition) is 4. The van der Waals surface area contributed by atoms with E-state index in [1.807, 2.05) is 45.0 Å². The first kappa shape index (κ1) is 20.2. The van der Waals surface area contributed by atoms with Crippen LogP contribution in [0.1, 0.15) is 37.9 Å². The van der Waals surface area contributed by atoms with Gasteiger partial charge in [0.25, 0.3) is 0 Å². The Morgan fingerprint density at radius 2 is 1.88 bits per heavy atom. The molecule has 0 fully saturated rings. The zero-order chi connectivity index (χ0) is 16.9. The van der Waals surface area contributed by atoms with Gasteiger partial charge < -0.3 is 15.5 Å². The molecule has 1 heterocycles. The number of rotatable bonds is 7. The first-order chi connectivity index (χ1) is 11.0. The molecular weight excluding hydrogens is 326 g/mol. The monoisotopic (exact) mass is 351 g/mol. The average molecular weight is 352 g/mol. The van der Waals surface area contributed by atoms with Gasteiger partial charge in [0.1, 0.15) is 6.26 Å². The molecule has 2 aromatic rings. The van der Waals surface area contributed by atoms with Gasteiger partial charge in [-0.3, -0.25) is 4.79 Å². The number of nitrogens with one attached hydrogen (secondary N) is 1. The Kier molecular flexibility index (Phi) is 7.45. The zero-order valence-corrected chi connectivity index (χ0v) is 15.3. The van der Waals surface area contributed by atoms with Crippen LogP contribution in [0, 0.1) is 12.3 Å². The minimum absolute atomic E-state index is 0. The maximum atomic E-state index is 12.4. The van der Waals surface area contributed by atoms with E-state index in [4.69, 9.17) is 10.2 Å². The summed E-state index contributed by atoms with van der Waals surface area (Å²) in [6, 6.07) is 7.96. The third kappa shape index (κ3) is 4.36. The fourth-order valence-corrected chi connectivity index (χ4v) is 2.53. The molecule has 2 rings (SSSR count). The molecule has 0 atom stereocenters. The number of nitrogens with zero attached hydrogens (tertiary/aromatic N) is 1. The van der Waals surface area contributed by atoms with Crippen molar-refractivity contribution in [3.63, 3.8) is 0 Å². The largest absolute Gasteiger partial charge is 0.444 e. The molecule has 5 nitrogen and oxygen atoms in total. The molecule has 0 unspecified atom stereocenters. The highest BCUT2D eigenvalue weighted by Crippen LogP contribution is 2.25. The summed E-state index contributed by atoms with van der Waals surface area (Å²) in [4.78, 5) is 16.8. The lowest BCUT2D eigenvalue weighted by Crippen LogP contribution is -2.45. The number of amides is 1. The molecule has 0 saturated heterocycles. The Bertz CT molecular complexity index is 640. The Labute approximate surface area is 149 Å². The number of hydrogen-bond donors (Lipinski definition) is 2. The molecule has 0 spiro atoms. The summed E-state index contributed by atoms with van der Waals surface area (Å²) in [6.07, 6.45) is 3.02. The van der Waals surface area contributed by atoms with Gasteiger partial charge in [-0.05, 0) is 31.9 Å². The number of nitrogens with two attached hydrogens (primary N) is 1. The molecule has 6 heteroatoms. The molecule has 3 N–H and O–H groups in total. The molecule has 0 radical (unpaired) electrons. The molecule has 132 valence electrons. The van der Waals surface area contributed by atoms with Gasteiger partial charge in [0.15, 0.2) is 0 Å². The van der Waals surface area contributed by atoms with E-state index in [-0.39, 0.29) is 18.3 Å². The Hall–Kier alpha value is -1.85. The number of oxazole rings is 1. The van der Waals surface area contributed by atoms with Crippen LogP contribution >= 0.6 is 12.4 Å². The van der Waals surface area contributed by atoms with Crippen molar-refractivity contribution in [1.29, 1.82) is 0 Å². The van der Waals surface area contributed by atoms with Gasteiger partial charge in [-0.2, -0.15) is 0 Å². The highest BCUT2D eigenvalue weighted by Gasteiger charge is 2.33. The van der Waals surface area contributed by atoms with Crippen LogP contribution in [0.25, 0.3) is 11.5 Å². The normalized spacial score (nSPS) is 11.0. The third-order valence-electron chi connectivity index (χ3n) is 4.51. The minimum Gasteiger partial charge on any atom is -0.444 e. The number of aromatic nitrogens is 1. The molecule has 0 aliphatic heterocycles. The van der Waals surface area contributed by atoms with Crippen molar-refractivity contribution < 1.29 is 9.21 Å². The second-order valence-electron chi connectivity index (χ2n) is 5.88. The number of carbonyl (C=O) groups excluding carboxylic acids is 1. The van der Waals surface area contributed by atoms with Crippen LogP contribution in [0.4, 0.5) is 0 Å². The van der Waals surface area contributed by atoms with Crippen molar-refractivity contribution in [3.05, 3.63) is 41.8 Å². The van der Waals surface area contributed by atoms with Gasteiger partial charge in [-0.1, -0.05) is 31.5 Å². The molecule has 1 aromatic carbocycles. The zero-order valence-electron chi connectivity index (χ0n) is 14.5. The highest BCUT2D eigenvalue weighted by atomic mass is 35.5. The lowest BCUT2D eigenvalue weighted by molar-refractivity contribution is -0.131. The maximum absolute atomic E-state index is 12.4. The molecule has 0 aliphatic rings. The van der Waals surface area contributed by atoms with E-state index in [9.17, 15) is 4.79 Å². The number of halogens is 1. The summed E-state index contributed by atoms with van der Waals surface area (Å²) >= 11 is 0. The van der Waals surface area contributed by atoms with Crippen LogP contribution in [0.5, 0.6) is 0 Å². The van der Waals surface area contributed by atoms with Gasteiger partial charge in [0.2, 0.25) is 11.8 Å². The van der Waals surface area contributed by atoms with Gasteiger partial charge in [-0.25, -0.2) is 4.98 Å². The van der Waals surface area contributed by atoms with E-state index in [0.717, 1.165) is 18.4 Å². The first-order valence-corrected chi connectivity index (χ1v) is 8.04. The first-order valence-electron chi connectivity index (χ1n) is 8.04. The summed E-state index contributed by atoms with van der Waals surface area (Å²) < 4.78 is 5.50. The fourth-order valence-electron chi connectivity index (χ4n) is 2.53. The average Bonchev–Trinajstić information content (AvgIpc) is 3.04. The van der Waals surface area contributed by atoms with Gasteiger partial charge in [0, 0.05) is 12.1 Å². The van der Waals surface area contributed by atoms with Crippen molar-refractivity contribution in [1.82, 2.24) is 10.3 Å². The second-order valence-corrected chi connectivity index (χ2v) is 5.88. The van der Waals surface area contributed by atoms with E-state index in [2.05, 4.69) is 10.3 Å². The molecule has 24 heavy (non-hydrogen) atoms. The number of benzene rings is 1. The molecule has 0 aliphatic carbocycles. The summed E-state index contributed by atoms with van der Waals surface area (Å²) in [5.74, 6) is 0.537. The van der Waals surface area contributed by atoms with E-state index >= 15 is 0 Å². The molecule has 1 amide bonds.